The molecule has 1 amide bonds. The summed E-state index contributed by atoms with van der Waals surface area (Å²) in [6.45, 7) is 6.62. The lowest BCUT2D eigenvalue weighted by Crippen LogP contribution is -2.31. The van der Waals surface area contributed by atoms with E-state index in [9.17, 15) is 4.79 Å². The van der Waals surface area contributed by atoms with E-state index in [0.717, 1.165) is 11.1 Å². The number of rotatable bonds is 6. The van der Waals surface area contributed by atoms with Gasteiger partial charge in [-0.25, -0.2) is 4.79 Å². The van der Waals surface area contributed by atoms with Crippen LogP contribution in [0.4, 0.5) is 4.79 Å². The van der Waals surface area contributed by atoms with Gasteiger partial charge in [0.2, 0.25) is 0 Å². The summed E-state index contributed by atoms with van der Waals surface area (Å²) in [6.07, 6.45) is -0.474. The zero-order valence-electron chi connectivity index (χ0n) is 12.9. The first-order valence-corrected chi connectivity index (χ1v) is 6.69. The van der Waals surface area contributed by atoms with Gasteiger partial charge in [-0.3, -0.25) is 5.41 Å². The van der Waals surface area contributed by atoms with Crippen molar-refractivity contribution < 1.29 is 14.3 Å². The predicted octanol–water partition coefficient (Wildman–Crippen LogP) is 1.89. The Morgan fingerprint density at radius 1 is 1.43 bits per heavy atom. The molecule has 21 heavy (non-hydrogen) atoms. The fraction of sp³-hybridized carbons (Fsp3) is 0.467. The molecule has 0 aromatic heterocycles. The second-order valence-corrected chi connectivity index (χ2v) is 5.22. The number of ether oxygens (including phenoxy) is 2. The number of benzene rings is 1. The molecule has 0 fully saturated rings. The number of nitrogens with one attached hydrogen (secondary N) is 2. The summed E-state index contributed by atoms with van der Waals surface area (Å²) in [4.78, 5) is 10.9. The molecule has 0 bridgehead atoms. The van der Waals surface area contributed by atoms with Gasteiger partial charge in [0, 0.05) is 12.1 Å². The summed E-state index contributed by atoms with van der Waals surface area (Å²) in [5, 5.41) is 10.0. The molecule has 0 spiro atoms. The van der Waals surface area contributed by atoms with Crippen molar-refractivity contribution in [2.24, 2.45) is 5.73 Å². The molecule has 0 atom stereocenters. The Labute approximate surface area is 125 Å². The van der Waals surface area contributed by atoms with Crippen molar-refractivity contribution in [1.29, 1.82) is 5.41 Å². The first kappa shape index (κ1) is 17.0. The normalized spacial score (nSPS) is 11.0. The standard InChI is InChI=1S/C15H23N3O3/c1-10-9-11(13(16)17)5-6-12(10)15(2,3)21-8-7-18-14(19)20-4/h5-6,9H,7-8H2,1-4H3,(H3,16,17)(H,18,19). The van der Waals surface area contributed by atoms with Crippen molar-refractivity contribution in [3.8, 4) is 0 Å². The van der Waals surface area contributed by atoms with E-state index >= 15 is 0 Å². The number of aryl methyl sites for hydroxylation is 1. The zero-order valence-corrected chi connectivity index (χ0v) is 12.9. The number of nitrogen functional groups attached to an aromatic ring is 1. The number of amidine groups is 1. The van der Waals surface area contributed by atoms with Gasteiger partial charge in [0.25, 0.3) is 0 Å². The average molecular weight is 293 g/mol. The van der Waals surface area contributed by atoms with Gasteiger partial charge in [-0.05, 0) is 38.0 Å². The van der Waals surface area contributed by atoms with Crippen molar-refractivity contribution in [1.82, 2.24) is 5.32 Å². The minimum Gasteiger partial charge on any atom is -0.453 e. The number of alkyl carbamates (subject to hydrolysis) is 1. The molecule has 6 nitrogen and oxygen atoms in total. The molecule has 1 aromatic rings. The minimum absolute atomic E-state index is 0.0469. The molecule has 6 heteroatoms. The van der Waals surface area contributed by atoms with E-state index in [1.54, 1.807) is 0 Å². The van der Waals surface area contributed by atoms with Gasteiger partial charge in [-0.15, -0.1) is 0 Å². The fourth-order valence-corrected chi connectivity index (χ4v) is 2.12. The monoisotopic (exact) mass is 293 g/mol. The maximum absolute atomic E-state index is 10.9. The number of amides is 1. The van der Waals surface area contributed by atoms with Crippen molar-refractivity contribution in [3.05, 3.63) is 34.9 Å². The largest absolute Gasteiger partial charge is 0.453 e. The average Bonchev–Trinajstić information content (AvgIpc) is 2.42. The summed E-state index contributed by atoms with van der Waals surface area (Å²) >= 11 is 0. The second kappa shape index (κ2) is 7.08. The van der Waals surface area contributed by atoms with Crippen LogP contribution < -0.4 is 11.1 Å². The molecule has 0 saturated heterocycles. The highest BCUT2D eigenvalue weighted by Crippen LogP contribution is 2.28. The second-order valence-electron chi connectivity index (χ2n) is 5.22. The van der Waals surface area contributed by atoms with Crippen LogP contribution in [0.15, 0.2) is 18.2 Å². The highest BCUT2D eigenvalue weighted by Gasteiger charge is 2.23. The Hall–Kier alpha value is -2.08. The molecule has 4 N–H and O–H groups in total. The Bertz CT molecular complexity index is 527. The van der Waals surface area contributed by atoms with E-state index in [0.29, 0.717) is 18.7 Å². The molecule has 0 radical (unpaired) electrons. The summed E-state index contributed by atoms with van der Waals surface area (Å²) in [6, 6.07) is 5.59. The molecule has 0 aliphatic rings. The Balaban J connectivity index is 2.69. The van der Waals surface area contributed by atoms with Crippen LogP contribution in [0.5, 0.6) is 0 Å². The molecule has 0 saturated carbocycles. The third kappa shape index (κ3) is 4.75. The van der Waals surface area contributed by atoms with Gasteiger partial charge in [-0.2, -0.15) is 0 Å². The maximum Gasteiger partial charge on any atom is 0.406 e. The van der Waals surface area contributed by atoms with E-state index in [4.69, 9.17) is 15.9 Å². The number of methoxy groups -OCH3 is 1. The molecule has 1 aromatic carbocycles. The fourth-order valence-electron chi connectivity index (χ4n) is 2.12. The van der Waals surface area contributed by atoms with Crippen molar-refractivity contribution >= 4 is 11.9 Å². The minimum atomic E-state index is -0.503. The van der Waals surface area contributed by atoms with Gasteiger partial charge in [-0.1, -0.05) is 12.1 Å². The van der Waals surface area contributed by atoms with E-state index in [1.807, 2.05) is 39.0 Å². The molecule has 116 valence electrons. The zero-order chi connectivity index (χ0) is 16.0. The van der Waals surface area contributed by atoms with E-state index in [1.165, 1.54) is 7.11 Å². The quantitative estimate of drug-likeness (QED) is 0.424. The smallest absolute Gasteiger partial charge is 0.406 e. The van der Waals surface area contributed by atoms with Crippen LogP contribution >= 0.6 is 0 Å². The maximum atomic E-state index is 10.9. The number of carbonyl (C=O) groups excluding carboxylic acids is 1. The van der Waals surface area contributed by atoms with Crippen molar-refractivity contribution in [2.75, 3.05) is 20.3 Å². The Kier molecular flexibility index (Phi) is 5.72. The van der Waals surface area contributed by atoms with Crippen molar-refractivity contribution in [2.45, 2.75) is 26.4 Å². The lowest BCUT2D eigenvalue weighted by molar-refractivity contribution is -0.0199. The number of hydrogen-bond donors (Lipinski definition) is 3. The van der Waals surface area contributed by atoms with Crippen LogP contribution in [0.2, 0.25) is 0 Å². The van der Waals surface area contributed by atoms with E-state index in [2.05, 4.69) is 10.1 Å². The number of carbonyl (C=O) groups is 1. The Morgan fingerprint density at radius 3 is 2.62 bits per heavy atom. The van der Waals surface area contributed by atoms with Gasteiger partial charge in [0.15, 0.2) is 0 Å². The third-order valence-corrected chi connectivity index (χ3v) is 3.21. The van der Waals surface area contributed by atoms with Gasteiger partial charge in [0.05, 0.1) is 19.3 Å². The van der Waals surface area contributed by atoms with E-state index in [-0.39, 0.29) is 5.84 Å². The number of nitrogens with two attached hydrogens (primary N) is 1. The molecule has 0 unspecified atom stereocenters. The lowest BCUT2D eigenvalue weighted by atomic mass is 9.92. The van der Waals surface area contributed by atoms with Crippen LogP contribution in [0, 0.1) is 12.3 Å². The highest BCUT2D eigenvalue weighted by atomic mass is 16.5. The summed E-state index contributed by atoms with van der Waals surface area (Å²) in [7, 11) is 1.32. The van der Waals surface area contributed by atoms with Crippen LogP contribution in [-0.2, 0) is 15.1 Å². The van der Waals surface area contributed by atoms with Crippen LogP contribution in [0.1, 0.15) is 30.5 Å². The SMILES string of the molecule is COC(=O)NCCOC(C)(C)c1ccc(C(=N)N)cc1C. The van der Waals surface area contributed by atoms with Crippen LogP contribution in [0.25, 0.3) is 0 Å². The highest BCUT2D eigenvalue weighted by molar-refractivity contribution is 5.95. The lowest BCUT2D eigenvalue weighted by Gasteiger charge is -2.28. The molecular weight excluding hydrogens is 270 g/mol. The van der Waals surface area contributed by atoms with Gasteiger partial charge < -0.3 is 20.5 Å². The van der Waals surface area contributed by atoms with Gasteiger partial charge >= 0.3 is 6.09 Å². The Morgan fingerprint density at radius 2 is 2.10 bits per heavy atom. The molecular formula is C15H23N3O3. The molecule has 0 heterocycles. The van der Waals surface area contributed by atoms with Crippen LogP contribution in [0.3, 0.4) is 0 Å². The third-order valence-electron chi connectivity index (χ3n) is 3.21. The van der Waals surface area contributed by atoms with E-state index < -0.39 is 11.7 Å². The summed E-state index contributed by atoms with van der Waals surface area (Å²) < 4.78 is 10.3. The number of hydrogen-bond acceptors (Lipinski definition) is 4. The topological polar surface area (TPSA) is 97.4 Å². The van der Waals surface area contributed by atoms with Gasteiger partial charge in [0.1, 0.15) is 5.84 Å². The summed E-state index contributed by atoms with van der Waals surface area (Å²) in [5.41, 5.74) is 7.70. The van der Waals surface area contributed by atoms with Crippen LogP contribution in [-0.4, -0.2) is 32.2 Å². The summed E-state index contributed by atoms with van der Waals surface area (Å²) in [5.74, 6) is 0.0469. The molecule has 0 aliphatic heterocycles. The molecule has 0 aliphatic carbocycles. The van der Waals surface area contributed by atoms with Crippen molar-refractivity contribution in [3.63, 3.8) is 0 Å². The molecule has 1 rings (SSSR count). The predicted molar refractivity (Wildman–Crippen MR) is 81.6 cm³/mol. The first-order valence-electron chi connectivity index (χ1n) is 6.69. The first-order chi connectivity index (χ1) is 9.77.